The largest absolute Gasteiger partial charge is 0.308 e. The monoisotopic (exact) mass is 383 g/mol. The number of hydrogen-bond donors (Lipinski definition) is 0. The third-order valence-electron chi connectivity index (χ3n) is 3.91. The fourth-order valence-electron chi connectivity index (χ4n) is 2.98. The maximum absolute atomic E-state index is 2.43. The van der Waals surface area contributed by atoms with Crippen molar-refractivity contribution in [2.24, 2.45) is 0 Å². The zero-order chi connectivity index (χ0) is 14.4. The number of fused-ring (bicyclic) bond motifs is 3. The summed E-state index contributed by atoms with van der Waals surface area (Å²) in [5.41, 5.74) is 5.08. The van der Waals surface area contributed by atoms with Crippen LogP contribution >= 0.6 is 22.6 Å². The Morgan fingerprint density at radius 2 is 1.62 bits per heavy atom. The lowest BCUT2D eigenvalue weighted by Crippen LogP contribution is -1.94. The van der Waals surface area contributed by atoms with Gasteiger partial charge in [-0.25, -0.2) is 0 Å². The van der Waals surface area contributed by atoms with E-state index in [1.807, 2.05) is 0 Å². The van der Waals surface area contributed by atoms with Crippen LogP contribution in [0.4, 0.5) is 0 Å². The van der Waals surface area contributed by atoms with Gasteiger partial charge in [0.1, 0.15) is 0 Å². The Bertz CT molecular complexity index is 952. The van der Waals surface area contributed by atoms with Gasteiger partial charge in [-0.2, -0.15) is 0 Å². The number of nitrogens with zero attached hydrogens (tertiary/aromatic N) is 1. The highest BCUT2D eigenvalue weighted by molar-refractivity contribution is 14.1. The van der Waals surface area contributed by atoms with Gasteiger partial charge in [-0.15, -0.1) is 0 Å². The Balaban J connectivity index is 2.27. The normalized spacial score (nSPS) is 11.3. The molecular weight excluding hydrogens is 369 g/mol. The lowest BCUT2D eigenvalue weighted by Gasteiger charge is -2.08. The molecule has 1 aromatic heterocycles. The van der Waals surface area contributed by atoms with E-state index in [1.54, 1.807) is 0 Å². The average Bonchev–Trinajstić information content (AvgIpc) is 2.83. The van der Waals surface area contributed by atoms with Crippen LogP contribution in [-0.2, 0) is 0 Å². The first-order valence-corrected chi connectivity index (χ1v) is 8.08. The van der Waals surface area contributed by atoms with Crippen LogP contribution in [0.3, 0.4) is 0 Å². The number of rotatable bonds is 1. The highest BCUT2D eigenvalue weighted by Crippen LogP contribution is 2.34. The smallest absolute Gasteiger partial charge is 0.0674 e. The molecule has 1 heterocycles. The number of aryl methyl sites for hydroxylation is 1. The van der Waals surface area contributed by atoms with E-state index in [0.717, 1.165) is 0 Å². The van der Waals surface area contributed by atoms with E-state index in [-0.39, 0.29) is 0 Å². The van der Waals surface area contributed by atoms with Gasteiger partial charge >= 0.3 is 0 Å². The zero-order valence-electron chi connectivity index (χ0n) is 11.7. The van der Waals surface area contributed by atoms with Gasteiger partial charge in [-0.05, 0) is 59.3 Å². The van der Waals surface area contributed by atoms with Crippen molar-refractivity contribution in [1.29, 1.82) is 0 Å². The first kappa shape index (κ1) is 12.9. The standard InChI is InChI=1S/C19H14IN/c1-13-10-11-15-16-8-5-9-17(20)19(16)21(18(15)12-13)14-6-3-2-4-7-14/h2-12H,1H3. The second-order valence-corrected chi connectivity index (χ2v) is 6.49. The van der Waals surface area contributed by atoms with E-state index in [4.69, 9.17) is 0 Å². The van der Waals surface area contributed by atoms with Crippen molar-refractivity contribution in [2.75, 3.05) is 0 Å². The van der Waals surface area contributed by atoms with E-state index in [0.29, 0.717) is 0 Å². The molecule has 0 amide bonds. The minimum absolute atomic E-state index is 1.22. The summed E-state index contributed by atoms with van der Waals surface area (Å²) in [5, 5.41) is 2.64. The zero-order valence-corrected chi connectivity index (χ0v) is 13.8. The topological polar surface area (TPSA) is 4.93 Å². The van der Waals surface area contributed by atoms with Crippen LogP contribution in [0.25, 0.3) is 27.5 Å². The molecule has 0 aliphatic rings. The van der Waals surface area contributed by atoms with Crippen molar-refractivity contribution in [3.63, 3.8) is 0 Å². The molecule has 0 unspecified atom stereocenters. The molecule has 0 spiro atoms. The molecule has 3 aromatic carbocycles. The first-order chi connectivity index (χ1) is 10.3. The lowest BCUT2D eigenvalue weighted by molar-refractivity contribution is 1.17. The van der Waals surface area contributed by atoms with E-state index in [1.165, 1.54) is 36.6 Å². The van der Waals surface area contributed by atoms with Crippen LogP contribution < -0.4 is 0 Å². The third kappa shape index (κ3) is 1.97. The van der Waals surface area contributed by atoms with E-state index in [2.05, 4.69) is 101 Å². The van der Waals surface area contributed by atoms with E-state index >= 15 is 0 Å². The minimum atomic E-state index is 1.22. The number of aromatic nitrogens is 1. The molecule has 1 nitrogen and oxygen atoms in total. The van der Waals surface area contributed by atoms with Crippen molar-refractivity contribution in [1.82, 2.24) is 4.57 Å². The minimum Gasteiger partial charge on any atom is -0.308 e. The van der Waals surface area contributed by atoms with Crippen LogP contribution in [0.5, 0.6) is 0 Å². The molecule has 21 heavy (non-hydrogen) atoms. The fraction of sp³-hybridized carbons (Fsp3) is 0.0526. The fourth-order valence-corrected chi connectivity index (χ4v) is 3.72. The number of halogens is 1. The van der Waals surface area contributed by atoms with Crippen LogP contribution in [-0.4, -0.2) is 4.57 Å². The molecule has 0 radical (unpaired) electrons. The van der Waals surface area contributed by atoms with Crippen molar-refractivity contribution in [2.45, 2.75) is 6.92 Å². The van der Waals surface area contributed by atoms with Crippen LogP contribution in [0.1, 0.15) is 5.56 Å². The maximum Gasteiger partial charge on any atom is 0.0674 e. The van der Waals surface area contributed by atoms with Gasteiger partial charge in [-0.1, -0.05) is 42.5 Å². The van der Waals surface area contributed by atoms with Gasteiger partial charge in [0, 0.05) is 20.0 Å². The van der Waals surface area contributed by atoms with Crippen molar-refractivity contribution >= 4 is 44.4 Å². The van der Waals surface area contributed by atoms with Gasteiger partial charge in [0.05, 0.1) is 11.0 Å². The summed E-state index contributed by atoms with van der Waals surface area (Å²) in [4.78, 5) is 0. The van der Waals surface area contributed by atoms with Gasteiger partial charge in [-0.3, -0.25) is 0 Å². The molecule has 0 saturated heterocycles. The average molecular weight is 383 g/mol. The molecule has 4 rings (SSSR count). The Morgan fingerprint density at radius 3 is 2.43 bits per heavy atom. The molecule has 0 aliphatic heterocycles. The molecule has 4 aromatic rings. The van der Waals surface area contributed by atoms with E-state index < -0.39 is 0 Å². The summed E-state index contributed by atoms with van der Waals surface area (Å²) in [6, 6.07) is 23.8. The van der Waals surface area contributed by atoms with Crippen LogP contribution in [0.15, 0.2) is 66.7 Å². The summed E-state index contributed by atoms with van der Waals surface area (Å²) in [6.45, 7) is 2.15. The van der Waals surface area contributed by atoms with Gasteiger partial charge < -0.3 is 4.57 Å². The molecular formula is C19H14IN. The Hall–Kier alpha value is -1.81. The molecule has 2 heteroatoms. The quantitative estimate of drug-likeness (QED) is 0.372. The second kappa shape index (κ2) is 4.88. The Morgan fingerprint density at radius 1 is 0.810 bits per heavy atom. The van der Waals surface area contributed by atoms with Crippen LogP contribution in [0, 0.1) is 10.5 Å². The Kier molecular flexibility index (Phi) is 3.00. The van der Waals surface area contributed by atoms with Crippen molar-refractivity contribution in [3.8, 4) is 5.69 Å². The summed E-state index contributed by atoms with van der Waals surface area (Å²) in [5.74, 6) is 0. The van der Waals surface area contributed by atoms with Crippen molar-refractivity contribution in [3.05, 3.63) is 75.9 Å². The van der Waals surface area contributed by atoms with Gasteiger partial charge in [0.15, 0.2) is 0 Å². The SMILES string of the molecule is Cc1ccc2c3cccc(I)c3n(-c3ccccc3)c2c1. The predicted molar refractivity (Wildman–Crippen MR) is 98.2 cm³/mol. The third-order valence-corrected chi connectivity index (χ3v) is 4.78. The maximum atomic E-state index is 2.43. The number of benzene rings is 3. The summed E-state index contributed by atoms with van der Waals surface area (Å²) in [6.07, 6.45) is 0. The van der Waals surface area contributed by atoms with Gasteiger partial charge in [0.2, 0.25) is 0 Å². The summed E-state index contributed by atoms with van der Waals surface area (Å²) in [7, 11) is 0. The highest BCUT2D eigenvalue weighted by Gasteiger charge is 2.13. The molecule has 0 aliphatic carbocycles. The molecule has 102 valence electrons. The molecule has 0 fully saturated rings. The summed E-state index contributed by atoms with van der Waals surface area (Å²) >= 11 is 2.43. The molecule has 0 saturated carbocycles. The number of para-hydroxylation sites is 2. The molecule has 0 N–H and O–H groups in total. The van der Waals surface area contributed by atoms with Gasteiger partial charge in [0.25, 0.3) is 0 Å². The second-order valence-electron chi connectivity index (χ2n) is 5.33. The molecule has 0 atom stereocenters. The number of hydrogen-bond acceptors (Lipinski definition) is 0. The van der Waals surface area contributed by atoms with Crippen molar-refractivity contribution < 1.29 is 0 Å². The molecule has 0 bridgehead atoms. The lowest BCUT2D eigenvalue weighted by atomic mass is 10.1. The van der Waals surface area contributed by atoms with E-state index in [9.17, 15) is 0 Å². The predicted octanol–water partition coefficient (Wildman–Crippen LogP) is 5.70. The first-order valence-electron chi connectivity index (χ1n) is 7.00. The highest BCUT2D eigenvalue weighted by atomic mass is 127. The van der Waals surface area contributed by atoms with Crippen LogP contribution in [0.2, 0.25) is 0 Å². The summed E-state index contributed by atoms with van der Waals surface area (Å²) < 4.78 is 3.65. The Labute approximate surface area is 137 Å².